The monoisotopic (exact) mass is 532 g/mol. The van der Waals surface area contributed by atoms with Gasteiger partial charge in [-0.15, -0.1) is 0 Å². The number of ether oxygens (including phenoxy) is 1. The van der Waals surface area contributed by atoms with Crippen molar-refractivity contribution in [1.82, 2.24) is 14.9 Å². The van der Waals surface area contributed by atoms with Crippen LogP contribution in [0.1, 0.15) is 31.1 Å². The summed E-state index contributed by atoms with van der Waals surface area (Å²) in [5, 5.41) is 11.9. The van der Waals surface area contributed by atoms with E-state index >= 15 is 0 Å². The van der Waals surface area contributed by atoms with Gasteiger partial charge in [-0.05, 0) is 57.2 Å². The Morgan fingerprint density at radius 1 is 0.973 bits per heavy atom. The number of carboxylic acids is 1. The Morgan fingerprint density at radius 3 is 2.11 bits per heavy atom. The van der Waals surface area contributed by atoms with Gasteiger partial charge in [-0.3, -0.25) is 9.59 Å². The molecular formula is C25H32N4O7S. The van der Waals surface area contributed by atoms with E-state index in [1.807, 2.05) is 20.8 Å². The Morgan fingerprint density at radius 2 is 1.57 bits per heavy atom. The van der Waals surface area contributed by atoms with Gasteiger partial charge in [0.2, 0.25) is 10.0 Å². The van der Waals surface area contributed by atoms with Crippen molar-refractivity contribution in [3.63, 3.8) is 0 Å². The van der Waals surface area contributed by atoms with E-state index < -0.39 is 40.1 Å². The van der Waals surface area contributed by atoms with E-state index in [-0.39, 0.29) is 11.0 Å². The fourth-order valence-corrected chi connectivity index (χ4v) is 4.84. The molecule has 12 heteroatoms. The van der Waals surface area contributed by atoms with Gasteiger partial charge in [-0.25, -0.2) is 13.2 Å². The molecule has 1 aliphatic rings. The van der Waals surface area contributed by atoms with Gasteiger partial charge >= 0.3 is 12.1 Å². The molecule has 0 aliphatic carbocycles. The molecule has 0 unspecified atom stereocenters. The highest BCUT2D eigenvalue weighted by atomic mass is 32.2. The van der Waals surface area contributed by atoms with Gasteiger partial charge in [-0.1, -0.05) is 18.2 Å². The summed E-state index contributed by atoms with van der Waals surface area (Å²) in [6, 6.07) is 12.6. The van der Waals surface area contributed by atoms with Crippen LogP contribution in [-0.2, 0) is 19.6 Å². The van der Waals surface area contributed by atoms with Gasteiger partial charge in [0, 0.05) is 44.0 Å². The highest BCUT2D eigenvalue weighted by Gasteiger charge is 2.27. The second kappa shape index (κ2) is 11.6. The molecule has 200 valence electrons. The molecule has 1 saturated heterocycles. The number of carbonyl (C=O) groups is 3. The lowest BCUT2D eigenvalue weighted by molar-refractivity contribution is -0.138. The van der Waals surface area contributed by atoms with E-state index in [0.29, 0.717) is 31.7 Å². The van der Waals surface area contributed by atoms with Crippen molar-refractivity contribution in [1.29, 1.82) is 0 Å². The normalized spacial score (nSPS) is 15.1. The largest absolute Gasteiger partial charge is 0.480 e. The van der Waals surface area contributed by atoms with Crippen LogP contribution >= 0.6 is 0 Å². The summed E-state index contributed by atoms with van der Waals surface area (Å²) >= 11 is 0. The number of piperazine rings is 1. The Balaban J connectivity index is 1.54. The van der Waals surface area contributed by atoms with E-state index in [9.17, 15) is 27.9 Å². The quantitative estimate of drug-likeness (QED) is 0.467. The third-order valence-corrected chi connectivity index (χ3v) is 7.03. The van der Waals surface area contributed by atoms with Crippen LogP contribution < -0.4 is 14.9 Å². The standard InChI is InChI=1S/C25H32N4O7S/c1-25(2,3)36-24(33)29-15-13-28(14-16-29)19-11-9-18(10-12-19)22(30)26-17-21(23(31)32)27-37(34,35)20-7-5-4-6-8-20/h4-12,21,27H,13-17H2,1-3H3,(H,26,30)(H,31,32)/t21-/m0/s1. The maximum Gasteiger partial charge on any atom is 0.410 e. The smallest absolute Gasteiger partial charge is 0.410 e. The number of amides is 2. The van der Waals surface area contributed by atoms with E-state index in [1.165, 1.54) is 24.3 Å². The third kappa shape index (κ3) is 7.92. The highest BCUT2D eigenvalue weighted by Crippen LogP contribution is 2.19. The molecule has 2 amide bonds. The molecule has 3 rings (SSSR count). The second-order valence-corrected chi connectivity index (χ2v) is 11.3. The number of sulfonamides is 1. The number of rotatable bonds is 8. The molecule has 2 aromatic rings. The number of carbonyl (C=O) groups excluding carboxylic acids is 2. The summed E-state index contributed by atoms with van der Waals surface area (Å²) in [7, 11) is -4.07. The minimum absolute atomic E-state index is 0.0740. The lowest BCUT2D eigenvalue weighted by Crippen LogP contribution is -2.50. The number of hydrogen-bond acceptors (Lipinski definition) is 7. The van der Waals surface area contributed by atoms with Gasteiger partial charge in [-0.2, -0.15) is 4.72 Å². The summed E-state index contributed by atoms with van der Waals surface area (Å²) in [5.41, 5.74) is 0.618. The van der Waals surface area contributed by atoms with Crippen molar-refractivity contribution < 1.29 is 32.6 Å². The van der Waals surface area contributed by atoms with Crippen LogP contribution in [0.25, 0.3) is 0 Å². The first-order chi connectivity index (χ1) is 17.4. The van der Waals surface area contributed by atoms with Crippen molar-refractivity contribution in [2.45, 2.75) is 37.3 Å². The Kier molecular flexibility index (Phi) is 8.77. The fourth-order valence-electron chi connectivity index (χ4n) is 3.63. The zero-order valence-corrected chi connectivity index (χ0v) is 21.8. The van der Waals surface area contributed by atoms with Gasteiger partial charge in [0.25, 0.3) is 5.91 Å². The summed E-state index contributed by atoms with van der Waals surface area (Å²) in [6.45, 7) is 7.25. The van der Waals surface area contributed by atoms with Gasteiger partial charge in [0.15, 0.2) is 0 Å². The van der Waals surface area contributed by atoms with Gasteiger partial charge in [0.05, 0.1) is 4.90 Å². The summed E-state index contributed by atoms with van der Waals surface area (Å²) < 4.78 is 32.4. The van der Waals surface area contributed by atoms with Gasteiger partial charge in [0.1, 0.15) is 11.6 Å². The first-order valence-corrected chi connectivity index (χ1v) is 13.3. The first kappa shape index (κ1) is 27.9. The number of benzene rings is 2. The summed E-state index contributed by atoms with van der Waals surface area (Å²) in [6.07, 6.45) is -0.343. The van der Waals surface area contributed by atoms with Crippen molar-refractivity contribution in [2.24, 2.45) is 0 Å². The van der Waals surface area contributed by atoms with E-state index in [2.05, 4.69) is 14.9 Å². The van der Waals surface area contributed by atoms with E-state index in [4.69, 9.17) is 4.74 Å². The molecule has 0 bridgehead atoms. The average Bonchev–Trinajstić information content (AvgIpc) is 2.86. The predicted molar refractivity (Wildman–Crippen MR) is 137 cm³/mol. The second-order valence-electron chi connectivity index (χ2n) is 9.54. The zero-order valence-electron chi connectivity index (χ0n) is 21.0. The minimum Gasteiger partial charge on any atom is -0.480 e. The van der Waals surface area contributed by atoms with Crippen LogP contribution in [0.4, 0.5) is 10.5 Å². The third-order valence-electron chi connectivity index (χ3n) is 5.54. The van der Waals surface area contributed by atoms with Crippen molar-refractivity contribution in [3.8, 4) is 0 Å². The highest BCUT2D eigenvalue weighted by molar-refractivity contribution is 7.89. The number of anilines is 1. The first-order valence-electron chi connectivity index (χ1n) is 11.8. The molecule has 3 N–H and O–H groups in total. The summed E-state index contributed by atoms with van der Waals surface area (Å²) in [5.74, 6) is -1.95. The van der Waals surface area contributed by atoms with Crippen LogP contribution in [-0.4, -0.2) is 80.8 Å². The van der Waals surface area contributed by atoms with Crippen molar-refractivity contribution in [3.05, 3.63) is 60.2 Å². The lowest BCUT2D eigenvalue weighted by atomic mass is 10.1. The molecule has 0 saturated carbocycles. The Bertz CT molecular complexity index is 1200. The van der Waals surface area contributed by atoms with Crippen molar-refractivity contribution >= 4 is 33.7 Å². The minimum atomic E-state index is -4.07. The molecular weight excluding hydrogens is 500 g/mol. The SMILES string of the molecule is CC(C)(C)OC(=O)N1CCN(c2ccc(C(=O)NC[C@H](NS(=O)(=O)c3ccccc3)C(=O)O)cc2)CC1. The molecule has 11 nitrogen and oxygen atoms in total. The predicted octanol–water partition coefficient (Wildman–Crippen LogP) is 1.91. The maximum atomic E-state index is 12.6. The molecule has 1 heterocycles. The van der Waals surface area contributed by atoms with Crippen molar-refractivity contribution in [2.75, 3.05) is 37.6 Å². The van der Waals surface area contributed by atoms with Crippen LogP contribution in [0.3, 0.4) is 0 Å². The van der Waals surface area contributed by atoms with Crippen LogP contribution in [0, 0.1) is 0 Å². The summed E-state index contributed by atoms with van der Waals surface area (Å²) in [4.78, 5) is 40.1. The Labute approximate surface area is 216 Å². The lowest BCUT2D eigenvalue weighted by Gasteiger charge is -2.36. The van der Waals surface area contributed by atoms with E-state index in [0.717, 1.165) is 5.69 Å². The molecule has 0 spiro atoms. The van der Waals surface area contributed by atoms with Gasteiger partial charge < -0.3 is 25.0 Å². The number of nitrogens with zero attached hydrogens (tertiary/aromatic N) is 2. The van der Waals surface area contributed by atoms with Crippen LogP contribution in [0.2, 0.25) is 0 Å². The zero-order chi connectivity index (χ0) is 27.2. The number of hydrogen-bond donors (Lipinski definition) is 3. The molecule has 2 aromatic carbocycles. The Hall–Kier alpha value is -3.64. The molecule has 0 radical (unpaired) electrons. The fraction of sp³-hybridized carbons (Fsp3) is 0.400. The maximum absolute atomic E-state index is 12.6. The van der Waals surface area contributed by atoms with Crippen LogP contribution in [0.15, 0.2) is 59.5 Å². The topological polar surface area (TPSA) is 145 Å². The molecule has 37 heavy (non-hydrogen) atoms. The molecule has 1 atom stereocenters. The van der Waals surface area contributed by atoms with Crippen LogP contribution in [0.5, 0.6) is 0 Å². The number of nitrogens with one attached hydrogen (secondary N) is 2. The average molecular weight is 533 g/mol. The van der Waals surface area contributed by atoms with E-state index in [1.54, 1.807) is 35.2 Å². The molecule has 1 aliphatic heterocycles. The number of carboxylic acid groups (broad SMARTS) is 1. The number of aliphatic carboxylic acids is 1. The molecule has 0 aromatic heterocycles. The molecule has 1 fully saturated rings.